The van der Waals surface area contributed by atoms with E-state index in [9.17, 15) is 9.18 Å². The van der Waals surface area contributed by atoms with Gasteiger partial charge >= 0.3 is 5.97 Å². The number of nitrogens with one attached hydrogen (secondary N) is 1. The fourth-order valence-corrected chi connectivity index (χ4v) is 1.91. The summed E-state index contributed by atoms with van der Waals surface area (Å²) in [4.78, 5) is 11.5. The molecular formula is C11H12FNO3. The molecule has 0 unspecified atom stereocenters. The number of hydrogen-bond donors (Lipinski definition) is 1. The second-order valence-electron chi connectivity index (χ2n) is 3.46. The first-order chi connectivity index (χ1) is 7.69. The van der Waals surface area contributed by atoms with Crippen LogP contribution in [0.25, 0.3) is 0 Å². The van der Waals surface area contributed by atoms with E-state index in [2.05, 4.69) is 10.1 Å². The van der Waals surface area contributed by atoms with Crippen LogP contribution in [0.4, 0.5) is 10.1 Å². The van der Waals surface area contributed by atoms with Crippen LogP contribution in [0.2, 0.25) is 0 Å². The third-order valence-corrected chi connectivity index (χ3v) is 2.62. The quantitative estimate of drug-likeness (QED) is 0.776. The summed E-state index contributed by atoms with van der Waals surface area (Å²) in [5, 5.41) is 3.03. The molecule has 0 amide bonds. The molecule has 1 N–H and O–H groups in total. The van der Waals surface area contributed by atoms with Gasteiger partial charge in [0.1, 0.15) is 17.1 Å². The summed E-state index contributed by atoms with van der Waals surface area (Å²) < 4.78 is 23.4. The van der Waals surface area contributed by atoms with Gasteiger partial charge in [0.2, 0.25) is 0 Å². The highest BCUT2D eigenvalue weighted by molar-refractivity contribution is 5.94. The van der Waals surface area contributed by atoms with E-state index in [0.717, 1.165) is 12.1 Å². The highest BCUT2D eigenvalue weighted by atomic mass is 19.1. The van der Waals surface area contributed by atoms with E-state index in [1.54, 1.807) is 0 Å². The van der Waals surface area contributed by atoms with Crippen LogP contribution < -0.4 is 10.1 Å². The molecule has 16 heavy (non-hydrogen) atoms. The van der Waals surface area contributed by atoms with Crippen LogP contribution in [0, 0.1) is 5.82 Å². The number of carbonyl (C=O) groups is 1. The lowest BCUT2D eigenvalue weighted by Crippen LogP contribution is -2.09. The molecule has 0 spiro atoms. The first-order valence-electron chi connectivity index (χ1n) is 4.90. The molecule has 5 heteroatoms. The number of anilines is 1. The molecule has 0 saturated carbocycles. The molecule has 1 aromatic carbocycles. The summed E-state index contributed by atoms with van der Waals surface area (Å²) in [5.41, 5.74) is 1.37. The fourth-order valence-electron chi connectivity index (χ4n) is 1.91. The van der Waals surface area contributed by atoms with Gasteiger partial charge in [0.15, 0.2) is 0 Å². The Bertz CT molecular complexity index is 445. The summed E-state index contributed by atoms with van der Waals surface area (Å²) in [5.74, 6) is -1.08. The van der Waals surface area contributed by atoms with Crippen LogP contribution >= 0.6 is 0 Å². The van der Waals surface area contributed by atoms with E-state index in [1.165, 1.54) is 20.3 Å². The van der Waals surface area contributed by atoms with Crippen molar-refractivity contribution in [1.29, 1.82) is 0 Å². The summed E-state index contributed by atoms with van der Waals surface area (Å²) >= 11 is 0. The molecule has 0 aromatic heterocycles. The van der Waals surface area contributed by atoms with Gasteiger partial charge < -0.3 is 14.8 Å². The number of esters is 1. The average Bonchev–Trinajstić information content (AvgIpc) is 2.73. The Hall–Kier alpha value is -1.78. The van der Waals surface area contributed by atoms with E-state index in [-0.39, 0.29) is 11.3 Å². The minimum absolute atomic E-state index is 0.132. The largest absolute Gasteiger partial charge is 0.495 e. The van der Waals surface area contributed by atoms with Crippen molar-refractivity contribution < 1.29 is 18.7 Å². The monoisotopic (exact) mass is 225 g/mol. The third-order valence-electron chi connectivity index (χ3n) is 2.62. The topological polar surface area (TPSA) is 47.6 Å². The van der Waals surface area contributed by atoms with Gasteiger partial charge in [-0.15, -0.1) is 0 Å². The second-order valence-corrected chi connectivity index (χ2v) is 3.46. The van der Waals surface area contributed by atoms with E-state index in [1.807, 2.05) is 0 Å². The van der Waals surface area contributed by atoms with E-state index < -0.39 is 11.8 Å². The van der Waals surface area contributed by atoms with Crippen LogP contribution in [0.1, 0.15) is 15.9 Å². The molecule has 4 nitrogen and oxygen atoms in total. The molecule has 0 bridgehead atoms. The summed E-state index contributed by atoms with van der Waals surface area (Å²) in [6.07, 6.45) is 0.711. The van der Waals surface area contributed by atoms with Crippen molar-refractivity contribution >= 4 is 11.7 Å². The molecule has 86 valence electrons. The Morgan fingerprint density at radius 1 is 1.50 bits per heavy atom. The van der Waals surface area contributed by atoms with E-state index in [0.29, 0.717) is 12.1 Å². The lowest BCUT2D eigenvalue weighted by atomic mass is 10.1. The zero-order valence-electron chi connectivity index (χ0n) is 9.09. The zero-order chi connectivity index (χ0) is 11.7. The van der Waals surface area contributed by atoms with Crippen molar-refractivity contribution in [3.8, 4) is 5.75 Å². The molecule has 2 rings (SSSR count). The average molecular weight is 225 g/mol. The van der Waals surface area contributed by atoms with Crippen molar-refractivity contribution in [1.82, 2.24) is 0 Å². The first kappa shape index (κ1) is 10.7. The Morgan fingerprint density at radius 2 is 2.25 bits per heavy atom. The van der Waals surface area contributed by atoms with Gasteiger partial charge in [0.25, 0.3) is 0 Å². The summed E-state index contributed by atoms with van der Waals surface area (Å²) in [6.45, 7) is 0.718. The van der Waals surface area contributed by atoms with Crippen molar-refractivity contribution in [2.75, 3.05) is 26.1 Å². The van der Waals surface area contributed by atoms with Crippen LogP contribution in [0.15, 0.2) is 6.07 Å². The van der Waals surface area contributed by atoms with Crippen molar-refractivity contribution in [3.05, 3.63) is 23.0 Å². The number of halogens is 1. The smallest absolute Gasteiger partial charge is 0.344 e. The first-order valence-corrected chi connectivity index (χ1v) is 4.90. The van der Waals surface area contributed by atoms with E-state index >= 15 is 0 Å². The van der Waals surface area contributed by atoms with Gasteiger partial charge in [0, 0.05) is 17.8 Å². The molecule has 1 aliphatic rings. The molecule has 0 atom stereocenters. The Balaban J connectivity index is 2.64. The molecule has 0 saturated heterocycles. The van der Waals surface area contributed by atoms with Gasteiger partial charge in [-0.05, 0) is 12.5 Å². The van der Waals surface area contributed by atoms with Crippen LogP contribution in [0.3, 0.4) is 0 Å². The standard InChI is InChI=1S/C11H12FNO3/c1-15-10-6-3-4-13-8(6)5-7(12)9(10)11(14)16-2/h5,13H,3-4H2,1-2H3. The van der Waals surface area contributed by atoms with Gasteiger partial charge in [0.05, 0.1) is 14.2 Å². The number of rotatable bonds is 2. The number of methoxy groups -OCH3 is 2. The predicted octanol–water partition coefficient (Wildman–Crippen LogP) is 1.59. The lowest BCUT2D eigenvalue weighted by Gasteiger charge is -2.12. The number of benzene rings is 1. The molecule has 0 radical (unpaired) electrons. The SMILES string of the molecule is COC(=O)c1c(F)cc2c(c1OC)CCN2. The molecular weight excluding hydrogens is 213 g/mol. The van der Waals surface area contributed by atoms with Crippen LogP contribution in [0.5, 0.6) is 5.75 Å². The second kappa shape index (κ2) is 4.00. The molecule has 0 fully saturated rings. The maximum Gasteiger partial charge on any atom is 0.344 e. The van der Waals surface area contributed by atoms with Gasteiger partial charge in [-0.25, -0.2) is 9.18 Å². The Morgan fingerprint density at radius 3 is 2.88 bits per heavy atom. The Kier molecular flexibility index (Phi) is 2.68. The minimum Gasteiger partial charge on any atom is -0.495 e. The fraction of sp³-hybridized carbons (Fsp3) is 0.364. The number of carbonyl (C=O) groups excluding carboxylic acids is 1. The molecule has 0 aliphatic carbocycles. The maximum absolute atomic E-state index is 13.7. The third kappa shape index (κ3) is 1.48. The summed E-state index contributed by atoms with van der Waals surface area (Å²) in [6, 6.07) is 1.30. The highest BCUT2D eigenvalue weighted by Crippen LogP contribution is 2.36. The number of ether oxygens (including phenoxy) is 2. The minimum atomic E-state index is -0.718. The van der Waals surface area contributed by atoms with Gasteiger partial charge in [-0.3, -0.25) is 0 Å². The highest BCUT2D eigenvalue weighted by Gasteiger charge is 2.26. The number of hydrogen-bond acceptors (Lipinski definition) is 4. The van der Waals surface area contributed by atoms with Crippen LogP contribution in [-0.4, -0.2) is 26.7 Å². The lowest BCUT2D eigenvalue weighted by molar-refractivity contribution is 0.0591. The number of fused-ring (bicyclic) bond motifs is 1. The molecule has 1 heterocycles. The Labute approximate surface area is 92.4 Å². The normalized spacial score (nSPS) is 12.9. The molecule has 1 aliphatic heterocycles. The van der Waals surface area contributed by atoms with E-state index in [4.69, 9.17) is 4.74 Å². The van der Waals surface area contributed by atoms with Crippen molar-refractivity contribution in [3.63, 3.8) is 0 Å². The van der Waals surface area contributed by atoms with Gasteiger partial charge in [-0.1, -0.05) is 0 Å². The van der Waals surface area contributed by atoms with Crippen molar-refractivity contribution in [2.24, 2.45) is 0 Å². The van der Waals surface area contributed by atoms with Gasteiger partial charge in [-0.2, -0.15) is 0 Å². The zero-order valence-corrected chi connectivity index (χ0v) is 9.09. The van der Waals surface area contributed by atoms with Crippen molar-refractivity contribution in [2.45, 2.75) is 6.42 Å². The predicted molar refractivity (Wildman–Crippen MR) is 56.5 cm³/mol. The maximum atomic E-state index is 13.7. The summed E-state index contributed by atoms with van der Waals surface area (Å²) in [7, 11) is 2.63. The molecule has 1 aromatic rings. The van der Waals surface area contributed by atoms with Crippen LogP contribution in [-0.2, 0) is 11.2 Å².